The fourth-order valence-corrected chi connectivity index (χ4v) is 7.66. The second-order valence-corrected chi connectivity index (χ2v) is 13.5. The van der Waals surface area contributed by atoms with E-state index in [0.29, 0.717) is 37.2 Å². The standard InChI is InChI=1S/C42H42O7/c1-23(2)29-17-27-33(45-29)21-35(43-5)39-37(19-31(48-41(27)39)25-13-9-7-10-14-25)47-38-20-32(26-15-11-8-12-16-26)49-42-28-18-30(24(3)4)46-34(28)22-36(44-6)40(38)42/h7-16,21-22,29-32,37-38H,1,3,17-20H2,2,4-6H3/t29-,30+,31-,32-,37-,38-/m0/s1. The summed E-state index contributed by atoms with van der Waals surface area (Å²) in [7, 11) is 3.38. The molecule has 7 nitrogen and oxygen atoms in total. The molecule has 0 spiro atoms. The van der Waals surface area contributed by atoms with Gasteiger partial charge in [-0.05, 0) is 36.1 Å². The summed E-state index contributed by atoms with van der Waals surface area (Å²) in [6.45, 7) is 12.4. The third-order valence-electron chi connectivity index (χ3n) is 10.2. The Morgan fingerprint density at radius 1 is 0.612 bits per heavy atom. The van der Waals surface area contributed by atoms with Crippen LogP contribution in [-0.4, -0.2) is 26.4 Å². The third-order valence-corrected chi connectivity index (χ3v) is 10.2. The van der Waals surface area contributed by atoms with E-state index in [1.54, 1.807) is 14.2 Å². The number of hydrogen-bond acceptors (Lipinski definition) is 7. The molecule has 0 saturated heterocycles. The SMILES string of the molecule is C=C(C)[C@@H]1Cc2c(cc(OC)c3c2O[C@H](c2ccccc2)C[C@@H]3O[C@H]2C[C@@H](c3ccccc3)Oc3c4c(cc(OC)c32)O[C@@H](C(=C)C)C4)O1. The molecule has 0 bridgehead atoms. The first kappa shape index (κ1) is 31.4. The van der Waals surface area contributed by atoms with Crippen molar-refractivity contribution in [3.05, 3.63) is 130 Å². The highest BCUT2D eigenvalue weighted by atomic mass is 16.5. The summed E-state index contributed by atoms with van der Waals surface area (Å²) in [6.07, 6.45) is 1.04. The predicted octanol–water partition coefficient (Wildman–Crippen LogP) is 9.31. The molecule has 4 aromatic carbocycles. The maximum absolute atomic E-state index is 7.41. The number of fused-ring (bicyclic) bond motifs is 6. The van der Waals surface area contributed by atoms with Crippen molar-refractivity contribution >= 4 is 0 Å². The highest BCUT2D eigenvalue weighted by molar-refractivity contribution is 5.63. The van der Waals surface area contributed by atoms with Crippen LogP contribution in [0.25, 0.3) is 0 Å². The lowest BCUT2D eigenvalue weighted by atomic mass is 9.88. The smallest absolute Gasteiger partial charge is 0.136 e. The molecule has 4 heterocycles. The van der Waals surface area contributed by atoms with Gasteiger partial charge >= 0.3 is 0 Å². The molecular formula is C42H42O7. The van der Waals surface area contributed by atoms with Crippen molar-refractivity contribution in [3.63, 3.8) is 0 Å². The average molecular weight is 659 g/mol. The summed E-state index contributed by atoms with van der Waals surface area (Å²) in [6, 6.07) is 24.6. The topological polar surface area (TPSA) is 64.6 Å². The van der Waals surface area contributed by atoms with Gasteiger partial charge in [0.1, 0.15) is 58.9 Å². The molecule has 0 radical (unpaired) electrons. The normalized spacial score (nSPS) is 24.5. The molecule has 4 aliphatic rings. The third kappa shape index (κ3) is 5.50. The molecule has 6 atom stereocenters. The minimum absolute atomic E-state index is 0.128. The lowest BCUT2D eigenvalue weighted by molar-refractivity contribution is -0.0757. The van der Waals surface area contributed by atoms with Gasteiger partial charge in [0.25, 0.3) is 0 Å². The second kappa shape index (κ2) is 12.5. The fourth-order valence-electron chi connectivity index (χ4n) is 7.66. The Balaban J connectivity index is 1.26. The van der Waals surface area contributed by atoms with Crippen LogP contribution in [0.15, 0.2) is 97.1 Å². The minimum atomic E-state index is -0.372. The van der Waals surface area contributed by atoms with Gasteiger partial charge < -0.3 is 33.2 Å². The number of ether oxygens (including phenoxy) is 7. The lowest BCUT2D eigenvalue weighted by Crippen LogP contribution is -2.27. The summed E-state index contributed by atoms with van der Waals surface area (Å²) in [5.41, 5.74) is 7.94. The molecule has 7 heteroatoms. The molecule has 4 aliphatic heterocycles. The van der Waals surface area contributed by atoms with Gasteiger partial charge in [-0.25, -0.2) is 0 Å². The highest BCUT2D eigenvalue weighted by Gasteiger charge is 2.44. The average Bonchev–Trinajstić information content (AvgIpc) is 3.77. The van der Waals surface area contributed by atoms with Crippen LogP contribution < -0.4 is 28.4 Å². The summed E-state index contributed by atoms with van der Waals surface area (Å²) in [4.78, 5) is 0. The molecule has 0 aliphatic carbocycles. The van der Waals surface area contributed by atoms with Gasteiger partial charge in [-0.3, -0.25) is 0 Å². The zero-order chi connectivity index (χ0) is 33.8. The van der Waals surface area contributed by atoms with Gasteiger partial charge in [0.2, 0.25) is 0 Å². The fraction of sp³-hybridized carbons (Fsp3) is 0.333. The summed E-state index contributed by atoms with van der Waals surface area (Å²) in [5, 5.41) is 0. The summed E-state index contributed by atoms with van der Waals surface area (Å²) in [5.74, 6) is 4.43. The van der Waals surface area contributed by atoms with Crippen LogP contribution in [-0.2, 0) is 17.6 Å². The van der Waals surface area contributed by atoms with Crippen molar-refractivity contribution in [2.45, 2.75) is 76.2 Å². The van der Waals surface area contributed by atoms with E-state index in [4.69, 9.17) is 33.2 Å². The first-order chi connectivity index (χ1) is 23.8. The number of rotatable bonds is 8. The Morgan fingerprint density at radius 3 is 1.39 bits per heavy atom. The van der Waals surface area contributed by atoms with Crippen LogP contribution in [0, 0.1) is 0 Å². The first-order valence-corrected chi connectivity index (χ1v) is 17.0. The first-order valence-electron chi connectivity index (χ1n) is 17.0. The number of hydrogen-bond donors (Lipinski definition) is 0. The van der Waals surface area contributed by atoms with Crippen LogP contribution in [0.2, 0.25) is 0 Å². The lowest BCUT2D eigenvalue weighted by Gasteiger charge is -2.39. The Hall–Kier alpha value is -4.88. The number of methoxy groups -OCH3 is 2. The van der Waals surface area contributed by atoms with Crippen LogP contribution >= 0.6 is 0 Å². The molecule has 0 fully saturated rings. The zero-order valence-corrected chi connectivity index (χ0v) is 28.5. The molecular weight excluding hydrogens is 616 g/mol. The summed E-state index contributed by atoms with van der Waals surface area (Å²) >= 11 is 0. The maximum Gasteiger partial charge on any atom is 0.136 e. The molecule has 8 rings (SSSR count). The van der Waals surface area contributed by atoms with Crippen LogP contribution in [0.1, 0.15) is 84.5 Å². The molecule has 0 saturated carbocycles. The van der Waals surface area contributed by atoms with Crippen molar-refractivity contribution in [2.75, 3.05) is 14.2 Å². The molecule has 0 unspecified atom stereocenters. The second-order valence-electron chi connectivity index (χ2n) is 13.5. The van der Waals surface area contributed by atoms with Gasteiger partial charge in [0.05, 0.1) is 37.6 Å². The van der Waals surface area contributed by atoms with Crippen molar-refractivity contribution in [2.24, 2.45) is 0 Å². The highest BCUT2D eigenvalue weighted by Crippen LogP contribution is 2.58. The van der Waals surface area contributed by atoms with E-state index in [-0.39, 0.29) is 36.6 Å². The largest absolute Gasteiger partial charge is 0.496 e. The van der Waals surface area contributed by atoms with E-state index < -0.39 is 0 Å². The van der Waals surface area contributed by atoms with E-state index >= 15 is 0 Å². The van der Waals surface area contributed by atoms with Crippen LogP contribution in [0.4, 0.5) is 0 Å². The predicted molar refractivity (Wildman–Crippen MR) is 187 cm³/mol. The van der Waals surface area contributed by atoms with E-state index in [9.17, 15) is 0 Å². The molecule has 4 aromatic rings. The van der Waals surface area contributed by atoms with Crippen molar-refractivity contribution in [1.29, 1.82) is 0 Å². The van der Waals surface area contributed by atoms with Crippen molar-refractivity contribution in [1.82, 2.24) is 0 Å². The molecule has 0 aromatic heterocycles. The monoisotopic (exact) mass is 658 g/mol. The van der Waals surface area contributed by atoms with Gasteiger partial charge in [-0.1, -0.05) is 73.8 Å². The minimum Gasteiger partial charge on any atom is -0.496 e. The molecule has 49 heavy (non-hydrogen) atoms. The summed E-state index contributed by atoms with van der Waals surface area (Å²) < 4.78 is 46.1. The maximum atomic E-state index is 7.41. The van der Waals surface area contributed by atoms with Gasteiger partial charge in [0, 0.05) is 48.9 Å². The van der Waals surface area contributed by atoms with E-state index in [1.807, 2.05) is 62.4 Å². The quantitative estimate of drug-likeness (QED) is 0.175. The number of benzene rings is 4. The van der Waals surface area contributed by atoms with Gasteiger partial charge in [-0.2, -0.15) is 0 Å². The zero-order valence-electron chi connectivity index (χ0n) is 28.5. The van der Waals surface area contributed by atoms with Crippen molar-refractivity contribution in [3.8, 4) is 34.5 Å². The van der Waals surface area contributed by atoms with Gasteiger partial charge in [0.15, 0.2) is 0 Å². The van der Waals surface area contributed by atoms with Gasteiger partial charge in [-0.15, -0.1) is 0 Å². The Morgan fingerprint density at radius 2 is 1.02 bits per heavy atom. The molecule has 252 valence electrons. The van der Waals surface area contributed by atoms with E-state index in [2.05, 4.69) is 37.4 Å². The Kier molecular flexibility index (Phi) is 8.03. The molecule has 0 N–H and O–H groups in total. The van der Waals surface area contributed by atoms with Crippen LogP contribution in [0.3, 0.4) is 0 Å². The molecule has 0 amide bonds. The van der Waals surface area contributed by atoms with E-state index in [0.717, 1.165) is 67.5 Å². The van der Waals surface area contributed by atoms with Crippen LogP contribution in [0.5, 0.6) is 34.5 Å². The Labute approximate surface area is 288 Å². The van der Waals surface area contributed by atoms with Crippen molar-refractivity contribution < 1.29 is 33.2 Å². The Bertz CT molecular complexity index is 1780. The van der Waals surface area contributed by atoms with E-state index in [1.165, 1.54) is 0 Å².